The third-order valence-electron chi connectivity index (χ3n) is 3.68. The van der Waals surface area contributed by atoms with Gasteiger partial charge in [-0.2, -0.15) is 0 Å². The summed E-state index contributed by atoms with van der Waals surface area (Å²) in [5, 5.41) is 4.02. The maximum atomic E-state index is 12.4. The average molecular weight is 371 g/mol. The van der Waals surface area contributed by atoms with Gasteiger partial charge in [0.2, 0.25) is 0 Å². The van der Waals surface area contributed by atoms with E-state index in [0.717, 1.165) is 10.4 Å². The van der Waals surface area contributed by atoms with Crippen LogP contribution < -0.4 is 5.32 Å². The third kappa shape index (κ3) is 3.57. The van der Waals surface area contributed by atoms with Crippen LogP contribution in [0.1, 0.15) is 21.8 Å². The van der Waals surface area contributed by atoms with Crippen molar-refractivity contribution in [2.24, 2.45) is 0 Å². The quantitative estimate of drug-likeness (QED) is 0.901. The summed E-state index contributed by atoms with van der Waals surface area (Å²) >= 11 is 7.56. The fourth-order valence-electron chi connectivity index (χ4n) is 2.52. The monoisotopic (exact) mass is 370 g/mol. The molecule has 5 nitrogen and oxygen atoms in total. The summed E-state index contributed by atoms with van der Waals surface area (Å²) in [5.41, 5.74) is 1.11. The Labute approximate surface area is 143 Å². The molecule has 1 aliphatic rings. The van der Waals surface area contributed by atoms with Crippen molar-refractivity contribution in [1.82, 2.24) is 10.3 Å². The molecule has 2 heterocycles. The highest BCUT2D eigenvalue weighted by Gasteiger charge is 2.30. The molecule has 2 aromatic rings. The van der Waals surface area contributed by atoms with Gasteiger partial charge in [-0.15, -0.1) is 11.3 Å². The molecule has 1 atom stereocenters. The zero-order chi connectivity index (χ0) is 16.6. The zero-order valence-electron chi connectivity index (χ0n) is 12.4. The Morgan fingerprint density at radius 1 is 1.39 bits per heavy atom. The molecule has 0 saturated carbocycles. The maximum Gasteiger partial charge on any atom is 0.271 e. The van der Waals surface area contributed by atoms with E-state index in [1.54, 1.807) is 6.07 Å². The highest BCUT2D eigenvalue weighted by atomic mass is 35.5. The van der Waals surface area contributed by atoms with Gasteiger partial charge in [-0.25, -0.2) is 13.4 Å². The van der Waals surface area contributed by atoms with E-state index in [-0.39, 0.29) is 23.5 Å². The van der Waals surface area contributed by atoms with Crippen molar-refractivity contribution in [3.8, 4) is 10.6 Å². The molecule has 1 fully saturated rings. The van der Waals surface area contributed by atoms with Crippen LogP contribution in [-0.2, 0) is 9.84 Å². The Bertz CT molecular complexity index is 861. The minimum absolute atomic E-state index is 0.000699. The van der Waals surface area contributed by atoms with Gasteiger partial charge in [0.05, 0.1) is 16.5 Å². The van der Waals surface area contributed by atoms with E-state index in [1.807, 2.05) is 25.1 Å². The number of rotatable bonds is 3. The van der Waals surface area contributed by atoms with Gasteiger partial charge >= 0.3 is 0 Å². The van der Waals surface area contributed by atoms with Crippen molar-refractivity contribution in [2.75, 3.05) is 11.5 Å². The third-order valence-corrected chi connectivity index (χ3v) is 6.79. The summed E-state index contributed by atoms with van der Waals surface area (Å²) in [6, 6.07) is 6.99. The number of hydrogen-bond donors (Lipinski definition) is 1. The molecular weight excluding hydrogens is 356 g/mol. The number of halogens is 1. The largest absolute Gasteiger partial charge is 0.347 e. The Hall–Kier alpha value is -1.44. The molecule has 0 bridgehead atoms. The lowest BCUT2D eigenvalue weighted by molar-refractivity contribution is 0.0936. The van der Waals surface area contributed by atoms with Crippen LogP contribution in [0.25, 0.3) is 10.6 Å². The van der Waals surface area contributed by atoms with Crippen molar-refractivity contribution in [1.29, 1.82) is 0 Å². The van der Waals surface area contributed by atoms with Gasteiger partial charge in [0.15, 0.2) is 9.84 Å². The van der Waals surface area contributed by atoms with Gasteiger partial charge in [-0.1, -0.05) is 29.8 Å². The molecule has 122 valence electrons. The number of thiazole rings is 1. The number of carbonyl (C=O) groups excluding carboxylic acids is 1. The molecule has 1 unspecified atom stereocenters. The molecule has 8 heteroatoms. The number of aryl methyl sites for hydroxylation is 1. The number of carbonyl (C=O) groups is 1. The van der Waals surface area contributed by atoms with Crippen molar-refractivity contribution >= 4 is 38.7 Å². The highest BCUT2D eigenvalue weighted by molar-refractivity contribution is 7.91. The van der Waals surface area contributed by atoms with Crippen LogP contribution in [0.2, 0.25) is 5.02 Å². The minimum atomic E-state index is -3.03. The predicted molar refractivity (Wildman–Crippen MR) is 91.8 cm³/mol. The Kier molecular flexibility index (Phi) is 4.44. The number of aromatic nitrogens is 1. The number of nitrogens with one attached hydrogen (secondary N) is 1. The molecule has 1 aromatic carbocycles. The van der Waals surface area contributed by atoms with E-state index in [9.17, 15) is 13.2 Å². The molecule has 1 N–H and O–H groups in total. The SMILES string of the molecule is Cc1sc(-c2ccccc2Cl)nc1C(=O)NC1CCS(=O)(=O)C1. The lowest BCUT2D eigenvalue weighted by Gasteiger charge is -2.09. The van der Waals surface area contributed by atoms with Gasteiger partial charge in [-0.3, -0.25) is 4.79 Å². The first-order chi connectivity index (χ1) is 10.9. The van der Waals surface area contributed by atoms with E-state index in [0.29, 0.717) is 22.1 Å². The second-order valence-electron chi connectivity index (χ2n) is 5.48. The highest BCUT2D eigenvalue weighted by Crippen LogP contribution is 2.32. The Morgan fingerprint density at radius 3 is 2.78 bits per heavy atom. The molecule has 3 rings (SSSR count). The summed E-state index contributed by atoms with van der Waals surface area (Å²) in [6.07, 6.45) is 0.453. The zero-order valence-corrected chi connectivity index (χ0v) is 14.8. The van der Waals surface area contributed by atoms with E-state index in [2.05, 4.69) is 10.3 Å². The second-order valence-corrected chi connectivity index (χ2v) is 9.32. The summed E-state index contributed by atoms with van der Waals surface area (Å²) in [7, 11) is -3.03. The molecule has 0 spiro atoms. The first-order valence-electron chi connectivity index (χ1n) is 7.09. The average Bonchev–Trinajstić information content (AvgIpc) is 3.02. The van der Waals surface area contributed by atoms with Crippen LogP contribution >= 0.6 is 22.9 Å². The molecule has 0 aliphatic carbocycles. The summed E-state index contributed by atoms with van der Waals surface area (Å²) in [4.78, 5) is 17.5. The number of sulfone groups is 1. The van der Waals surface area contributed by atoms with Gasteiger partial charge < -0.3 is 5.32 Å². The fourth-order valence-corrected chi connectivity index (χ4v) is 5.42. The Balaban J connectivity index is 1.81. The topological polar surface area (TPSA) is 76.1 Å². The fraction of sp³-hybridized carbons (Fsp3) is 0.333. The van der Waals surface area contributed by atoms with Crippen LogP contribution in [0, 0.1) is 6.92 Å². The molecule has 0 radical (unpaired) electrons. The van der Waals surface area contributed by atoms with Crippen molar-refractivity contribution in [2.45, 2.75) is 19.4 Å². The molecular formula is C15H15ClN2O3S2. The first kappa shape index (κ1) is 16.4. The number of hydrogen-bond acceptors (Lipinski definition) is 5. The standard InChI is InChI=1S/C15H15ClN2O3S2/c1-9-13(14(19)17-10-6-7-23(20,21)8-10)18-15(22-9)11-4-2-3-5-12(11)16/h2-5,10H,6-8H2,1H3,(H,17,19). The van der Waals surface area contributed by atoms with Gasteiger partial charge in [0, 0.05) is 16.5 Å². The molecule has 1 aromatic heterocycles. The van der Waals surface area contributed by atoms with E-state index >= 15 is 0 Å². The smallest absolute Gasteiger partial charge is 0.271 e. The van der Waals surface area contributed by atoms with Gasteiger partial charge in [0.25, 0.3) is 5.91 Å². The molecule has 1 aliphatic heterocycles. The minimum Gasteiger partial charge on any atom is -0.347 e. The van der Waals surface area contributed by atoms with Crippen molar-refractivity contribution in [3.63, 3.8) is 0 Å². The number of amides is 1. The van der Waals surface area contributed by atoms with Crippen LogP contribution in [0.5, 0.6) is 0 Å². The van der Waals surface area contributed by atoms with Crippen molar-refractivity contribution < 1.29 is 13.2 Å². The van der Waals surface area contributed by atoms with Gasteiger partial charge in [0.1, 0.15) is 10.7 Å². The van der Waals surface area contributed by atoms with E-state index < -0.39 is 9.84 Å². The van der Waals surface area contributed by atoms with Crippen LogP contribution in [0.4, 0.5) is 0 Å². The Morgan fingerprint density at radius 2 is 2.13 bits per heavy atom. The predicted octanol–water partition coefficient (Wildman–Crippen LogP) is 2.69. The lowest BCUT2D eigenvalue weighted by atomic mass is 10.2. The maximum absolute atomic E-state index is 12.4. The summed E-state index contributed by atoms with van der Waals surface area (Å²) < 4.78 is 22.9. The van der Waals surface area contributed by atoms with E-state index in [1.165, 1.54) is 11.3 Å². The van der Waals surface area contributed by atoms with Crippen LogP contribution in [0.3, 0.4) is 0 Å². The second kappa shape index (κ2) is 6.22. The molecule has 23 heavy (non-hydrogen) atoms. The summed E-state index contributed by atoms with van der Waals surface area (Å²) in [5.74, 6) is -0.211. The summed E-state index contributed by atoms with van der Waals surface area (Å²) in [6.45, 7) is 1.82. The molecule has 1 amide bonds. The lowest BCUT2D eigenvalue weighted by Crippen LogP contribution is -2.36. The van der Waals surface area contributed by atoms with E-state index in [4.69, 9.17) is 11.6 Å². The normalized spacial score (nSPS) is 19.7. The van der Waals surface area contributed by atoms with Crippen LogP contribution in [-0.4, -0.2) is 36.9 Å². The van der Waals surface area contributed by atoms with Gasteiger partial charge in [-0.05, 0) is 19.4 Å². The van der Waals surface area contributed by atoms with Crippen LogP contribution in [0.15, 0.2) is 24.3 Å². The number of nitrogens with zero attached hydrogens (tertiary/aromatic N) is 1. The number of benzene rings is 1. The first-order valence-corrected chi connectivity index (χ1v) is 10.1. The molecule has 1 saturated heterocycles. The van der Waals surface area contributed by atoms with Crippen molar-refractivity contribution in [3.05, 3.63) is 39.9 Å².